The van der Waals surface area contributed by atoms with Crippen LogP contribution in [0.2, 0.25) is 0 Å². The molecule has 1 aromatic heterocycles. The third-order valence-corrected chi connectivity index (χ3v) is 3.74. The molecule has 0 unspecified atom stereocenters. The number of Topliss-reactive ketones (excluding diaryl/α,β-unsaturated/α-hetero) is 1. The summed E-state index contributed by atoms with van der Waals surface area (Å²) in [5, 5.41) is 1.22. The van der Waals surface area contributed by atoms with Crippen molar-refractivity contribution in [1.82, 2.24) is 0 Å². The van der Waals surface area contributed by atoms with Gasteiger partial charge in [-0.05, 0) is 0 Å². The molecule has 0 aliphatic heterocycles. The minimum absolute atomic E-state index is 0.144. The Morgan fingerprint density at radius 2 is 2.17 bits per heavy atom. The fourth-order valence-electron chi connectivity index (χ4n) is 1.19. The van der Waals surface area contributed by atoms with E-state index >= 15 is 0 Å². The van der Waals surface area contributed by atoms with Gasteiger partial charge in [0, 0.05) is 0 Å². The summed E-state index contributed by atoms with van der Waals surface area (Å²) < 4.78 is 1.38. The van der Waals surface area contributed by atoms with Crippen LogP contribution in [-0.2, 0) is 0 Å². The van der Waals surface area contributed by atoms with Crippen molar-refractivity contribution in [1.29, 1.82) is 0 Å². The normalized spacial score (nSPS) is 10.4. The van der Waals surface area contributed by atoms with Crippen LogP contribution in [0.25, 0.3) is 9.65 Å². The molecular weight excluding hydrogens is 215 g/mol. The molecule has 0 saturated carbocycles. The standard InChI is InChI=1S/C10H8OSe/c1-7(11)8-2-3-10-9(6-8)4-5-12-10/h2-6H,1H3. The monoisotopic (exact) mass is 224 g/mol. The Balaban J connectivity index is 2.68. The maximum absolute atomic E-state index is 11.0. The SMILES string of the molecule is CC(=O)c1ccc2[se]ccc2c1. The number of ketones is 1. The van der Waals surface area contributed by atoms with Crippen LogP contribution in [0.3, 0.4) is 0 Å². The molecule has 0 N–H and O–H groups in total. The van der Waals surface area contributed by atoms with Crippen molar-refractivity contribution in [2.75, 3.05) is 0 Å². The van der Waals surface area contributed by atoms with Gasteiger partial charge in [0.1, 0.15) is 0 Å². The van der Waals surface area contributed by atoms with Crippen LogP contribution < -0.4 is 0 Å². The second-order valence-corrected chi connectivity index (χ2v) is 4.72. The molecule has 2 heteroatoms. The van der Waals surface area contributed by atoms with Crippen molar-refractivity contribution >= 4 is 29.9 Å². The molecule has 1 aromatic carbocycles. The van der Waals surface area contributed by atoms with Crippen molar-refractivity contribution in [2.45, 2.75) is 6.92 Å². The van der Waals surface area contributed by atoms with Crippen molar-refractivity contribution in [3.8, 4) is 0 Å². The van der Waals surface area contributed by atoms with Gasteiger partial charge in [0.2, 0.25) is 0 Å². The van der Waals surface area contributed by atoms with E-state index in [0.717, 1.165) is 5.56 Å². The molecule has 12 heavy (non-hydrogen) atoms. The second-order valence-electron chi connectivity index (χ2n) is 2.73. The van der Waals surface area contributed by atoms with E-state index in [1.807, 2.05) is 12.1 Å². The van der Waals surface area contributed by atoms with Crippen LogP contribution in [-0.4, -0.2) is 20.3 Å². The van der Waals surface area contributed by atoms with Crippen molar-refractivity contribution in [2.24, 2.45) is 0 Å². The third-order valence-electron chi connectivity index (χ3n) is 1.86. The molecule has 0 aliphatic carbocycles. The second kappa shape index (κ2) is 2.89. The molecule has 0 spiro atoms. The van der Waals surface area contributed by atoms with E-state index in [1.54, 1.807) is 6.92 Å². The van der Waals surface area contributed by atoms with Crippen LogP contribution in [0, 0.1) is 0 Å². The number of rotatable bonds is 1. The molecule has 0 aliphatic rings. The van der Waals surface area contributed by atoms with Gasteiger partial charge in [-0.3, -0.25) is 0 Å². The summed E-state index contributed by atoms with van der Waals surface area (Å²) in [5.41, 5.74) is 0.816. The Kier molecular flexibility index (Phi) is 1.87. The van der Waals surface area contributed by atoms with Crippen molar-refractivity contribution in [3.63, 3.8) is 0 Å². The molecule has 1 heterocycles. The van der Waals surface area contributed by atoms with Crippen LogP contribution in [0.1, 0.15) is 17.3 Å². The summed E-state index contributed by atoms with van der Waals surface area (Å²) in [6, 6.07) is 8.05. The topological polar surface area (TPSA) is 17.1 Å². The zero-order chi connectivity index (χ0) is 8.55. The fraction of sp³-hybridized carbons (Fsp3) is 0.100. The van der Waals surface area contributed by atoms with Crippen LogP contribution in [0.4, 0.5) is 0 Å². The van der Waals surface area contributed by atoms with Crippen LogP contribution in [0.5, 0.6) is 0 Å². The van der Waals surface area contributed by atoms with Crippen LogP contribution >= 0.6 is 0 Å². The van der Waals surface area contributed by atoms with Crippen LogP contribution in [0.15, 0.2) is 29.2 Å². The molecule has 2 aromatic rings. The predicted octanol–water partition coefficient (Wildman–Crippen LogP) is 2.10. The summed E-state index contributed by atoms with van der Waals surface area (Å²) in [4.78, 5) is 13.2. The number of carbonyl (C=O) groups excluding carboxylic acids is 1. The predicted molar refractivity (Wildman–Crippen MR) is 50.9 cm³/mol. The Hall–Kier alpha value is -0.851. The molecule has 60 valence electrons. The van der Waals surface area contributed by atoms with E-state index in [0.29, 0.717) is 14.5 Å². The molecule has 0 radical (unpaired) electrons. The van der Waals surface area contributed by atoms with E-state index in [4.69, 9.17) is 0 Å². The summed E-state index contributed by atoms with van der Waals surface area (Å²) in [6.45, 7) is 1.60. The zero-order valence-corrected chi connectivity index (χ0v) is 8.42. The molecule has 0 amide bonds. The number of carbonyl (C=O) groups is 1. The minimum atomic E-state index is 0.144. The van der Waals surface area contributed by atoms with Crippen molar-refractivity contribution < 1.29 is 4.79 Å². The first-order chi connectivity index (χ1) is 5.77. The molecule has 0 saturated heterocycles. The third kappa shape index (κ3) is 1.24. The molecule has 0 bridgehead atoms. The first-order valence-electron chi connectivity index (χ1n) is 3.75. The molecule has 2 rings (SSSR count). The van der Waals surface area contributed by atoms with Gasteiger partial charge in [0.25, 0.3) is 0 Å². The summed E-state index contributed by atoms with van der Waals surface area (Å²) in [6.07, 6.45) is 0. The first kappa shape index (κ1) is 7.78. The zero-order valence-electron chi connectivity index (χ0n) is 6.70. The van der Waals surface area contributed by atoms with Gasteiger partial charge in [0.15, 0.2) is 0 Å². The van der Waals surface area contributed by atoms with Gasteiger partial charge in [-0.15, -0.1) is 0 Å². The average molecular weight is 223 g/mol. The van der Waals surface area contributed by atoms with E-state index in [1.165, 1.54) is 9.65 Å². The summed E-state index contributed by atoms with van der Waals surface area (Å²) >= 11 is 0.491. The molecule has 0 fully saturated rings. The van der Waals surface area contributed by atoms with Gasteiger partial charge in [-0.1, -0.05) is 0 Å². The number of hydrogen-bond donors (Lipinski definition) is 0. The first-order valence-corrected chi connectivity index (χ1v) is 5.60. The van der Waals surface area contributed by atoms with Crippen molar-refractivity contribution in [3.05, 3.63) is 34.8 Å². The van der Waals surface area contributed by atoms with E-state index in [2.05, 4.69) is 17.1 Å². The van der Waals surface area contributed by atoms with Gasteiger partial charge in [-0.2, -0.15) is 0 Å². The summed E-state index contributed by atoms with van der Waals surface area (Å²) in [5.74, 6) is 0.144. The van der Waals surface area contributed by atoms with Gasteiger partial charge in [-0.25, -0.2) is 0 Å². The van der Waals surface area contributed by atoms with E-state index in [-0.39, 0.29) is 5.78 Å². The molecule has 0 atom stereocenters. The number of benzene rings is 1. The quantitative estimate of drug-likeness (QED) is 0.534. The van der Waals surface area contributed by atoms with E-state index < -0.39 is 0 Å². The Morgan fingerprint density at radius 1 is 1.33 bits per heavy atom. The van der Waals surface area contributed by atoms with Gasteiger partial charge in [0.05, 0.1) is 0 Å². The number of fused-ring (bicyclic) bond motifs is 1. The molecular formula is C10H8OSe. The Labute approximate surface area is 76.8 Å². The van der Waals surface area contributed by atoms with E-state index in [9.17, 15) is 4.79 Å². The van der Waals surface area contributed by atoms with Gasteiger partial charge >= 0.3 is 76.4 Å². The fourth-order valence-corrected chi connectivity index (χ4v) is 2.80. The van der Waals surface area contributed by atoms with Gasteiger partial charge < -0.3 is 0 Å². The maximum atomic E-state index is 11.0. The average Bonchev–Trinajstić information content (AvgIpc) is 2.49. The number of hydrogen-bond acceptors (Lipinski definition) is 1. The summed E-state index contributed by atoms with van der Waals surface area (Å²) in [7, 11) is 0. The Bertz CT molecular complexity index is 428. The Morgan fingerprint density at radius 3 is 2.92 bits per heavy atom. The molecule has 1 nitrogen and oxygen atoms in total.